The van der Waals surface area contributed by atoms with Gasteiger partial charge in [0.05, 0.1) is 17.7 Å². The van der Waals surface area contributed by atoms with E-state index in [0.717, 1.165) is 86.9 Å². The summed E-state index contributed by atoms with van der Waals surface area (Å²) in [7, 11) is 2.06. The van der Waals surface area contributed by atoms with Gasteiger partial charge in [-0.1, -0.05) is 17.7 Å². The predicted octanol–water partition coefficient (Wildman–Crippen LogP) is 4.48. The molecule has 0 aromatic heterocycles. The van der Waals surface area contributed by atoms with Crippen LogP contribution in [0.3, 0.4) is 0 Å². The molecule has 5 aliphatic rings. The van der Waals surface area contributed by atoms with Crippen LogP contribution in [-0.2, 0) is 9.59 Å². The van der Waals surface area contributed by atoms with Crippen molar-refractivity contribution in [2.24, 2.45) is 0 Å². The first-order valence-electron chi connectivity index (χ1n) is 19.0. The molecule has 2 N–H and O–H groups in total. The van der Waals surface area contributed by atoms with Crippen LogP contribution in [-0.4, -0.2) is 110 Å². The van der Waals surface area contributed by atoms with Crippen molar-refractivity contribution in [2.45, 2.75) is 62.7 Å². The summed E-state index contributed by atoms with van der Waals surface area (Å²) in [5.41, 5.74) is 4.67. The van der Waals surface area contributed by atoms with Gasteiger partial charge in [-0.25, -0.2) is 4.85 Å². The van der Waals surface area contributed by atoms with Crippen LogP contribution in [0, 0.1) is 6.57 Å². The third kappa shape index (κ3) is 7.12. The van der Waals surface area contributed by atoms with E-state index in [2.05, 4.69) is 42.1 Å². The zero-order chi connectivity index (χ0) is 38.4. The Bertz CT molecular complexity index is 2080. The highest BCUT2D eigenvalue weighted by atomic mass is 35.5. The molecule has 5 amide bonds. The zero-order valence-corrected chi connectivity index (χ0v) is 31.4. The van der Waals surface area contributed by atoms with Crippen molar-refractivity contribution >= 4 is 63.9 Å². The molecular formula is C41H43ClN8O5. The number of rotatable bonds is 8. The molecule has 0 spiro atoms. The molecule has 55 heavy (non-hydrogen) atoms. The van der Waals surface area contributed by atoms with E-state index in [1.54, 1.807) is 18.2 Å². The number of anilines is 3. The third-order valence-corrected chi connectivity index (χ3v) is 12.3. The van der Waals surface area contributed by atoms with Gasteiger partial charge in [0.15, 0.2) is 0 Å². The van der Waals surface area contributed by atoms with Crippen molar-refractivity contribution in [1.29, 1.82) is 0 Å². The maximum Gasteiger partial charge on any atom is 0.262 e. The van der Waals surface area contributed by atoms with Crippen molar-refractivity contribution in [3.05, 3.63) is 93.8 Å². The molecule has 1 saturated carbocycles. The first-order chi connectivity index (χ1) is 26.6. The van der Waals surface area contributed by atoms with Crippen molar-refractivity contribution < 1.29 is 24.0 Å². The average molecular weight is 763 g/mol. The van der Waals surface area contributed by atoms with Gasteiger partial charge in [-0.05, 0) is 86.7 Å². The normalized spacial score (nSPS) is 23.2. The topological polar surface area (TPSA) is 130 Å². The minimum Gasteiger partial charge on any atom is -0.372 e. The standard InChI is InChI=1S/C41H43ClN8O5/c1-43-35-14-12-29(22-34(35)42)46(2)27-9-5-26(6-10-27)44-38(52)25-3-7-28(8-4-25)47-17-19-48(20-18-47)31-23-49(24-31)30-11-13-32-33(21-30)41(55)50(40(32)54)36-15-16-37(51)45-39(36)53/h3-4,7-8,11-14,21-22,26-27,31,36H,5-6,9-10,15-20,23-24H2,2H3,(H,44,52)(H,45,51,53). The first-order valence-corrected chi connectivity index (χ1v) is 19.4. The van der Waals surface area contributed by atoms with E-state index < -0.39 is 29.7 Å². The van der Waals surface area contributed by atoms with Gasteiger partial charge in [0.1, 0.15) is 6.04 Å². The lowest BCUT2D eigenvalue weighted by molar-refractivity contribution is -0.136. The molecule has 3 saturated heterocycles. The number of piperazine rings is 1. The molecule has 8 rings (SSSR count). The predicted molar refractivity (Wildman–Crippen MR) is 209 cm³/mol. The van der Waals surface area contributed by atoms with Crippen LogP contribution in [0.1, 0.15) is 69.6 Å². The van der Waals surface area contributed by atoms with Crippen LogP contribution in [0.5, 0.6) is 0 Å². The molecule has 3 aromatic carbocycles. The van der Waals surface area contributed by atoms with E-state index in [1.807, 2.05) is 42.5 Å². The summed E-state index contributed by atoms with van der Waals surface area (Å²) in [5, 5.41) is 5.95. The summed E-state index contributed by atoms with van der Waals surface area (Å²) in [5.74, 6) is -2.04. The van der Waals surface area contributed by atoms with E-state index in [9.17, 15) is 24.0 Å². The number of benzene rings is 3. The third-order valence-electron chi connectivity index (χ3n) is 12.0. The number of nitrogens with one attached hydrogen (secondary N) is 2. The maximum absolute atomic E-state index is 13.3. The SMILES string of the molecule is [C-]#[N+]c1ccc(N(C)C2CCC(NC(=O)c3ccc(N4CCN(C5CN(c6ccc7c(c6)C(=O)N(C6CCC(=O)NC6=O)C7=O)C5)CC4)cc3)CC2)cc1Cl. The fourth-order valence-corrected chi connectivity index (χ4v) is 8.83. The molecule has 4 aliphatic heterocycles. The van der Waals surface area contributed by atoms with Gasteiger partial charge >= 0.3 is 0 Å². The highest BCUT2D eigenvalue weighted by Gasteiger charge is 2.45. The Kier molecular flexibility index (Phi) is 9.96. The van der Waals surface area contributed by atoms with Gasteiger partial charge in [0.2, 0.25) is 17.5 Å². The summed E-state index contributed by atoms with van der Waals surface area (Å²) in [6.07, 6.45) is 3.93. The van der Waals surface area contributed by atoms with Gasteiger partial charge in [-0.2, -0.15) is 0 Å². The Labute approximate surface area is 325 Å². The fraction of sp³-hybridized carbons (Fsp3) is 0.415. The van der Waals surface area contributed by atoms with Gasteiger partial charge in [0.25, 0.3) is 17.7 Å². The van der Waals surface area contributed by atoms with Crippen molar-refractivity contribution in [3.63, 3.8) is 0 Å². The summed E-state index contributed by atoms with van der Waals surface area (Å²) in [4.78, 5) is 77.2. The van der Waals surface area contributed by atoms with Crippen LogP contribution in [0.25, 0.3) is 4.85 Å². The fourth-order valence-electron chi connectivity index (χ4n) is 8.61. The van der Waals surface area contributed by atoms with E-state index in [-0.39, 0.29) is 30.4 Å². The molecule has 3 aromatic rings. The van der Waals surface area contributed by atoms with Crippen LogP contribution >= 0.6 is 11.6 Å². The number of amides is 5. The largest absolute Gasteiger partial charge is 0.372 e. The molecule has 13 nitrogen and oxygen atoms in total. The molecule has 4 heterocycles. The van der Waals surface area contributed by atoms with E-state index in [0.29, 0.717) is 33.9 Å². The second-order valence-electron chi connectivity index (χ2n) is 15.1. The van der Waals surface area contributed by atoms with Gasteiger partial charge in [-0.15, -0.1) is 0 Å². The molecule has 284 valence electrons. The smallest absolute Gasteiger partial charge is 0.262 e. The molecule has 1 aliphatic carbocycles. The van der Waals surface area contributed by atoms with Gasteiger partial charge in [0, 0.05) is 98.5 Å². The number of carbonyl (C=O) groups excluding carboxylic acids is 5. The number of nitrogens with zero attached hydrogens (tertiary/aromatic N) is 6. The van der Waals surface area contributed by atoms with E-state index in [1.165, 1.54) is 0 Å². The Morgan fingerprint density at radius 3 is 2.20 bits per heavy atom. The first kappa shape index (κ1) is 36.5. The molecule has 4 fully saturated rings. The quantitative estimate of drug-likeness (QED) is 0.252. The number of hydrogen-bond acceptors (Lipinski definition) is 9. The van der Waals surface area contributed by atoms with E-state index in [4.69, 9.17) is 18.2 Å². The number of fused-ring (bicyclic) bond motifs is 1. The van der Waals surface area contributed by atoms with Gasteiger partial charge < -0.3 is 20.0 Å². The van der Waals surface area contributed by atoms with Gasteiger partial charge in [-0.3, -0.25) is 39.1 Å². The van der Waals surface area contributed by atoms with Crippen molar-refractivity contribution in [1.82, 2.24) is 20.4 Å². The monoisotopic (exact) mass is 762 g/mol. The minimum atomic E-state index is -0.975. The molecule has 0 radical (unpaired) electrons. The lowest BCUT2D eigenvalue weighted by Crippen LogP contribution is -2.63. The summed E-state index contributed by atoms with van der Waals surface area (Å²) >= 11 is 6.27. The van der Waals surface area contributed by atoms with Crippen LogP contribution in [0.15, 0.2) is 60.7 Å². The summed E-state index contributed by atoms with van der Waals surface area (Å²) in [6, 6.07) is 18.6. The number of halogens is 1. The molecule has 14 heteroatoms. The highest BCUT2D eigenvalue weighted by molar-refractivity contribution is 6.33. The molecule has 1 atom stereocenters. The summed E-state index contributed by atoms with van der Waals surface area (Å²) < 4.78 is 0. The second kappa shape index (κ2) is 15.0. The number of piperidine rings is 1. The number of imide groups is 2. The van der Waals surface area contributed by atoms with E-state index >= 15 is 0 Å². The number of hydrogen-bond donors (Lipinski definition) is 2. The average Bonchev–Trinajstić information content (AvgIpc) is 3.42. The van der Waals surface area contributed by atoms with Crippen LogP contribution in [0.2, 0.25) is 5.02 Å². The van der Waals surface area contributed by atoms with Crippen molar-refractivity contribution in [2.75, 3.05) is 61.0 Å². The Morgan fingerprint density at radius 2 is 1.53 bits per heavy atom. The lowest BCUT2D eigenvalue weighted by atomic mass is 9.90. The number of carbonyl (C=O) groups is 5. The molecular weight excluding hydrogens is 720 g/mol. The molecule has 1 unspecified atom stereocenters. The van der Waals surface area contributed by atoms with Crippen LogP contribution in [0.4, 0.5) is 22.7 Å². The zero-order valence-electron chi connectivity index (χ0n) is 30.7. The lowest BCUT2D eigenvalue weighted by Gasteiger charge is -2.49. The Morgan fingerprint density at radius 1 is 0.836 bits per heavy atom. The van der Waals surface area contributed by atoms with Crippen LogP contribution < -0.4 is 25.3 Å². The maximum atomic E-state index is 13.3. The Balaban J connectivity index is 0.779. The second-order valence-corrected chi connectivity index (χ2v) is 15.6. The molecule has 0 bridgehead atoms. The summed E-state index contributed by atoms with van der Waals surface area (Å²) in [6.45, 7) is 12.4. The highest BCUT2D eigenvalue weighted by Crippen LogP contribution is 2.35. The minimum absolute atomic E-state index is 0.0461. The Hall–Kier alpha value is -5.45. The van der Waals surface area contributed by atoms with Crippen molar-refractivity contribution in [3.8, 4) is 0 Å².